The van der Waals surface area contributed by atoms with E-state index in [0.717, 1.165) is 5.56 Å². The Bertz CT molecular complexity index is 310. The number of methoxy groups -OCH3 is 1. The van der Waals surface area contributed by atoms with E-state index in [1.807, 2.05) is 32.0 Å². The van der Waals surface area contributed by atoms with E-state index in [1.165, 1.54) is 0 Å². The quantitative estimate of drug-likeness (QED) is 0.809. The molecule has 0 fully saturated rings. The Labute approximate surface area is 90.6 Å². The third kappa shape index (κ3) is 3.44. The van der Waals surface area contributed by atoms with Crippen molar-refractivity contribution in [3.63, 3.8) is 0 Å². The first-order valence-corrected chi connectivity index (χ1v) is 5.13. The molecule has 0 aliphatic rings. The van der Waals surface area contributed by atoms with Gasteiger partial charge in [-0.3, -0.25) is 0 Å². The summed E-state index contributed by atoms with van der Waals surface area (Å²) in [5.41, 5.74) is 1.12. The molecule has 84 valence electrons. The van der Waals surface area contributed by atoms with E-state index < -0.39 is 6.10 Å². The molecule has 0 saturated carbocycles. The molecule has 1 rings (SSSR count). The Morgan fingerprint density at radius 2 is 2.07 bits per heavy atom. The molecule has 15 heavy (non-hydrogen) atoms. The minimum absolute atomic E-state index is 0.302. The number of rotatable bonds is 5. The lowest BCUT2D eigenvalue weighted by Gasteiger charge is -2.13. The summed E-state index contributed by atoms with van der Waals surface area (Å²) >= 11 is 0. The van der Waals surface area contributed by atoms with Crippen LogP contribution in [-0.4, -0.2) is 24.9 Å². The van der Waals surface area contributed by atoms with Crippen LogP contribution in [0.2, 0.25) is 0 Å². The third-order valence-corrected chi connectivity index (χ3v) is 2.22. The first-order valence-electron chi connectivity index (χ1n) is 5.13. The molecule has 0 spiro atoms. The molecule has 0 heterocycles. The number of aliphatic hydroxyl groups excluding tert-OH is 1. The third-order valence-electron chi connectivity index (χ3n) is 2.22. The molecule has 0 aromatic heterocycles. The second-order valence-electron chi connectivity index (χ2n) is 3.53. The van der Waals surface area contributed by atoms with Gasteiger partial charge in [-0.15, -0.1) is 0 Å². The number of ether oxygens (including phenoxy) is 2. The topological polar surface area (TPSA) is 38.7 Å². The fraction of sp³-hybridized carbons (Fsp3) is 0.500. The molecule has 0 aliphatic heterocycles. The van der Waals surface area contributed by atoms with E-state index in [-0.39, 0.29) is 0 Å². The molecule has 1 unspecified atom stereocenters. The highest BCUT2D eigenvalue weighted by molar-refractivity contribution is 5.42. The molecule has 1 aromatic rings. The number of aliphatic hydroxyl groups is 1. The van der Waals surface area contributed by atoms with E-state index in [1.54, 1.807) is 7.11 Å². The van der Waals surface area contributed by atoms with Gasteiger partial charge in [0.05, 0.1) is 13.2 Å². The Hall–Kier alpha value is -1.22. The van der Waals surface area contributed by atoms with Gasteiger partial charge in [-0.1, -0.05) is 13.0 Å². The molecule has 0 saturated heterocycles. The molecule has 0 radical (unpaired) electrons. The maximum Gasteiger partial charge on any atom is 0.161 e. The molecule has 3 heteroatoms. The van der Waals surface area contributed by atoms with Gasteiger partial charge in [-0.25, -0.2) is 0 Å². The van der Waals surface area contributed by atoms with E-state index in [9.17, 15) is 5.11 Å². The lowest BCUT2D eigenvalue weighted by atomic mass is 10.2. The highest BCUT2D eigenvalue weighted by Crippen LogP contribution is 2.27. The summed E-state index contributed by atoms with van der Waals surface area (Å²) in [6.45, 7) is 4.21. The SMILES string of the molecule is CCC(O)COc1ccc(C)cc1OC. The monoisotopic (exact) mass is 210 g/mol. The summed E-state index contributed by atoms with van der Waals surface area (Å²) in [5, 5.41) is 9.37. The van der Waals surface area contributed by atoms with Crippen molar-refractivity contribution >= 4 is 0 Å². The molecule has 3 nitrogen and oxygen atoms in total. The van der Waals surface area contributed by atoms with E-state index >= 15 is 0 Å². The van der Waals surface area contributed by atoms with Crippen molar-refractivity contribution in [1.82, 2.24) is 0 Å². The van der Waals surface area contributed by atoms with E-state index in [4.69, 9.17) is 9.47 Å². The summed E-state index contributed by atoms with van der Waals surface area (Å²) in [6, 6.07) is 5.72. The zero-order valence-electron chi connectivity index (χ0n) is 9.49. The number of aryl methyl sites for hydroxylation is 1. The molecule has 1 aromatic carbocycles. The van der Waals surface area contributed by atoms with E-state index in [2.05, 4.69) is 0 Å². The standard InChI is InChI=1S/C12H18O3/c1-4-10(13)8-15-11-6-5-9(2)7-12(11)14-3/h5-7,10,13H,4,8H2,1-3H3. The van der Waals surface area contributed by atoms with Gasteiger partial charge in [0, 0.05) is 0 Å². The lowest BCUT2D eigenvalue weighted by Crippen LogP contribution is -2.16. The number of hydrogen-bond acceptors (Lipinski definition) is 3. The van der Waals surface area contributed by atoms with Crippen LogP contribution in [0.4, 0.5) is 0 Å². The number of hydrogen-bond donors (Lipinski definition) is 1. The minimum Gasteiger partial charge on any atom is -0.493 e. The predicted molar refractivity (Wildman–Crippen MR) is 59.5 cm³/mol. The van der Waals surface area contributed by atoms with Gasteiger partial charge in [0.25, 0.3) is 0 Å². The van der Waals surface area contributed by atoms with Gasteiger partial charge >= 0.3 is 0 Å². The fourth-order valence-corrected chi connectivity index (χ4v) is 1.20. The van der Waals surface area contributed by atoms with Crippen molar-refractivity contribution in [2.75, 3.05) is 13.7 Å². The van der Waals surface area contributed by atoms with Crippen LogP contribution >= 0.6 is 0 Å². The summed E-state index contributed by atoms with van der Waals surface area (Å²) in [4.78, 5) is 0. The first-order chi connectivity index (χ1) is 7.17. The van der Waals surface area contributed by atoms with Crippen LogP contribution < -0.4 is 9.47 Å². The Kier molecular flexibility index (Phi) is 4.43. The van der Waals surface area contributed by atoms with Crippen LogP contribution in [-0.2, 0) is 0 Å². The van der Waals surface area contributed by atoms with Crippen LogP contribution in [0.25, 0.3) is 0 Å². The Morgan fingerprint density at radius 1 is 1.33 bits per heavy atom. The van der Waals surface area contributed by atoms with Gasteiger partial charge in [0.15, 0.2) is 11.5 Å². The maximum absolute atomic E-state index is 9.37. The number of benzene rings is 1. The second-order valence-corrected chi connectivity index (χ2v) is 3.53. The second kappa shape index (κ2) is 5.61. The van der Waals surface area contributed by atoms with Crippen LogP contribution in [0.1, 0.15) is 18.9 Å². The fourth-order valence-electron chi connectivity index (χ4n) is 1.20. The van der Waals surface area contributed by atoms with Gasteiger partial charge in [0.2, 0.25) is 0 Å². The zero-order chi connectivity index (χ0) is 11.3. The molecule has 1 N–H and O–H groups in total. The van der Waals surface area contributed by atoms with Gasteiger partial charge < -0.3 is 14.6 Å². The summed E-state index contributed by atoms with van der Waals surface area (Å²) in [7, 11) is 1.61. The average Bonchev–Trinajstić information content (AvgIpc) is 2.26. The van der Waals surface area contributed by atoms with Crippen LogP contribution in [0, 0.1) is 6.92 Å². The molecule has 0 amide bonds. The minimum atomic E-state index is -0.420. The van der Waals surface area contributed by atoms with Crippen molar-refractivity contribution in [3.8, 4) is 11.5 Å². The van der Waals surface area contributed by atoms with Crippen LogP contribution in [0.15, 0.2) is 18.2 Å². The van der Waals surface area contributed by atoms with Gasteiger partial charge in [-0.05, 0) is 31.0 Å². The molecular weight excluding hydrogens is 192 g/mol. The first kappa shape index (κ1) is 11.9. The molecule has 1 atom stereocenters. The Morgan fingerprint density at radius 3 is 2.67 bits per heavy atom. The van der Waals surface area contributed by atoms with Gasteiger partial charge in [-0.2, -0.15) is 0 Å². The summed E-state index contributed by atoms with van der Waals surface area (Å²) < 4.78 is 10.6. The molecule has 0 bridgehead atoms. The normalized spacial score (nSPS) is 12.3. The highest BCUT2D eigenvalue weighted by Gasteiger charge is 2.06. The van der Waals surface area contributed by atoms with Crippen molar-refractivity contribution in [2.24, 2.45) is 0 Å². The predicted octanol–water partition coefficient (Wildman–Crippen LogP) is 2.15. The van der Waals surface area contributed by atoms with Crippen LogP contribution in [0.3, 0.4) is 0 Å². The summed E-state index contributed by atoms with van der Waals surface area (Å²) in [5.74, 6) is 1.38. The zero-order valence-corrected chi connectivity index (χ0v) is 9.49. The average molecular weight is 210 g/mol. The summed E-state index contributed by atoms with van der Waals surface area (Å²) in [6.07, 6.45) is 0.268. The maximum atomic E-state index is 9.37. The highest BCUT2D eigenvalue weighted by atomic mass is 16.5. The van der Waals surface area contributed by atoms with Gasteiger partial charge in [0.1, 0.15) is 6.61 Å². The van der Waals surface area contributed by atoms with Crippen molar-refractivity contribution in [1.29, 1.82) is 0 Å². The van der Waals surface area contributed by atoms with Crippen molar-refractivity contribution in [3.05, 3.63) is 23.8 Å². The largest absolute Gasteiger partial charge is 0.493 e. The van der Waals surface area contributed by atoms with E-state index in [0.29, 0.717) is 24.5 Å². The smallest absolute Gasteiger partial charge is 0.161 e. The van der Waals surface area contributed by atoms with Crippen LogP contribution in [0.5, 0.6) is 11.5 Å². The van der Waals surface area contributed by atoms with Crippen molar-refractivity contribution < 1.29 is 14.6 Å². The molecular formula is C12H18O3. The van der Waals surface area contributed by atoms with Crippen molar-refractivity contribution in [2.45, 2.75) is 26.4 Å². The molecule has 0 aliphatic carbocycles. The Balaban J connectivity index is 2.67. The lowest BCUT2D eigenvalue weighted by molar-refractivity contribution is 0.102.